The molecule has 7 nitrogen and oxygen atoms in total. The Morgan fingerprint density at radius 2 is 1.94 bits per heavy atom. The summed E-state index contributed by atoms with van der Waals surface area (Å²) in [7, 11) is 1.72. The molecule has 0 N–H and O–H groups in total. The first kappa shape index (κ1) is 23.7. The van der Waals surface area contributed by atoms with Crippen molar-refractivity contribution in [3.8, 4) is 0 Å². The predicted molar refractivity (Wildman–Crippen MR) is 122 cm³/mol. The van der Waals surface area contributed by atoms with Gasteiger partial charge in [0, 0.05) is 42.7 Å². The highest BCUT2D eigenvalue weighted by Crippen LogP contribution is 2.48. The number of rotatable bonds is 3. The summed E-state index contributed by atoms with van der Waals surface area (Å²) in [4.78, 5) is 29.4. The van der Waals surface area contributed by atoms with E-state index in [9.17, 15) is 18.4 Å². The second-order valence-electron chi connectivity index (χ2n) is 9.29. The molecule has 1 saturated heterocycles. The smallest absolute Gasteiger partial charge is 0.242 e. The van der Waals surface area contributed by atoms with Gasteiger partial charge in [-0.1, -0.05) is 26.8 Å². The first-order chi connectivity index (χ1) is 15.6. The van der Waals surface area contributed by atoms with Crippen LogP contribution in [0.1, 0.15) is 42.8 Å². The Bertz CT molecular complexity index is 1080. The summed E-state index contributed by atoms with van der Waals surface area (Å²) in [5, 5.41) is 4.13. The summed E-state index contributed by atoms with van der Waals surface area (Å²) < 4.78 is 35.4. The number of halogens is 2. The fourth-order valence-corrected chi connectivity index (χ4v) is 5.47. The molecule has 1 fully saturated rings. The Morgan fingerprint density at radius 1 is 1.24 bits per heavy atom. The maximum atomic E-state index is 14.9. The van der Waals surface area contributed by atoms with Crippen molar-refractivity contribution in [1.29, 1.82) is 0 Å². The predicted octanol–water partition coefficient (Wildman–Crippen LogP) is 3.02. The number of nitrogens with zero attached hydrogens (tertiary/aromatic N) is 4. The monoisotopic (exact) mass is 478 g/mol. The first-order valence-electron chi connectivity index (χ1n) is 10.9. The van der Waals surface area contributed by atoms with Gasteiger partial charge in [0.2, 0.25) is 11.8 Å². The highest BCUT2D eigenvalue weighted by molar-refractivity contribution is 8.00. The van der Waals surface area contributed by atoms with Crippen LogP contribution >= 0.6 is 11.8 Å². The van der Waals surface area contributed by atoms with E-state index in [-0.39, 0.29) is 29.7 Å². The topological polar surface area (TPSA) is 67.7 Å². The van der Waals surface area contributed by atoms with Crippen LogP contribution in [0.3, 0.4) is 0 Å². The highest BCUT2D eigenvalue weighted by Gasteiger charge is 2.40. The zero-order valence-electron chi connectivity index (χ0n) is 19.2. The minimum absolute atomic E-state index is 0.0517. The van der Waals surface area contributed by atoms with E-state index in [4.69, 9.17) is 9.84 Å². The second-order valence-corrected chi connectivity index (χ2v) is 10.4. The summed E-state index contributed by atoms with van der Waals surface area (Å²) in [6.07, 6.45) is 0. The standard InChI is InChI=1S/C23H28F2N4O3S/c1-23(2,3)21-19-20(15-6-5-14(24)11-16(15)25)33-13-18(31)29(22(19)27(4)26-21)12-17(30)28-7-9-32-10-8-28/h5-6,11,20H,7-10,12-13H2,1-4H3. The maximum Gasteiger partial charge on any atom is 0.242 e. The number of hydrogen-bond acceptors (Lipinski definition) is 5. The summed E-state index contributed by atoms with van der Waals surface area (Å²) in [5.41, 5.74) is 1.27. The molecule has 1 unspecified atom stereocenters. The molecule has 1 atom stereocenters. The van der Waals surface area contributed by atoms with Crippen LogP contribution in [0, 0.1) is 11.6 Å². The van der Waals surface area contributed by atoms with Crippen molar-refractivity contribution >= 4 is 29.4 Å². The van der Waals surface area contributed by atoms with Crippen LogP contribution in [0.4, 0.5) is 14.6 Å². The van der Waals surface area contributed by atoms with E-state index < -0.39 is 22.3 Å². The summed E-state index contributed by atoms with van der Waals surface area (Å²) >= 11 is 1.27. The highest BCUT2D eigenvalue weighted by atomic mass is 32.2. The molecule has 10 heteroatoms. The quantitative estimate of drug-likeness (QED) is 0.679. The normalized spacial score (nSPS) is 19.5. The van der Waals surface area contributed by atoms with Gasteiger partial charge in [0.1, 0.15) is 24.0 Å². The molecule has 2 aliphatic rings. The lowest BCUT2D eigenvalue weighted by Gasteiger charge is -2.30. The van der Waals surface area contributed by atoms with Crippen molar-refractivity contribution in [2.75, 3.05) is 43.5 Å². The molecule has 0 aliphatic carbocycles. The van der Waals surface area contributed by atoms with E-state index >= 15 is 0 Å². The summed E-state index contributed by atoms with van der Waals surface area (Å²) in [6, 6.07) is 3.50. The number of anilines is 1. The van der Waals surface area contributed by atoms with Crippen molar-refractivity contribution in [2.45, 2.75) is 31.4 Å². The van der Waals surface area contributed by atoms with Gasteiger partial charge >= 0.3 is 0 Å². The molecular weight excluding hydrogens is 450 g/mol. The number of carbonyl (C=O) groups is 2. The molecule has 2 aromatic rings. The molecule has 1 aromatic heterocycles. The fraction of sp³-hybridized carbons (Fsp3) is 0.522. The average Bonchev–Trinajstić information content (AvgIpc) is 3.04. The van der Waals surface area contributed by atoms with Crippen molar-refractivity contribution in [2.24, 2.45) is 7.05 Å². The largest absolute Gasteiger partial charge is 0.378 e. The number of thioether (sulfide) groups is 1. The van der Waals surface area contributed by atoms with E-state index in [2.05, 4.69) is 0 Å². The zero-order chi connectivity index (χ0) is 23.9. The van der Waals surface area contributed by atoms with Gasteiger partial charge in [-0.05, 0) is 6.07 Å². The number of ether oxygens (including phenoxy) is 1. The maximum absolute atomic E-state index is 14.9. The Kier molecular flexibility index (Phi) is 6.50. The number of aromatic nitrogens is 2. The lowest BCUT2D eigenvalue weighted by atomic mass is 9.87. The Labute approximate surface area is 196 Å². The van der Waals surface area contributed by atoms with Gasteiger partial charge in [0.05, 0.1) is 29.9 Å². The van der Waals surface area contributed by atoms with Crippen LogP contribution in [0.2, 0.25) is 0 Å². The summed E-state index contributed by atoms with van der Waals surface area (Å²) in [6.45, 7) is 7.74. The molecule has 0 spiro atoms. The second kappa shape index (κ2) is 9.06. The van der Waals surface area contributed by atoms with Gasteiger partial charge in [-0.15, -0.1) is 11.8 Å². The Balaban J connectivity index is 1.83. The number of benzene rings is 1. The van der Waals surface area contributed by atoms with Crippen LogP contribution in [0.5, 0.6) is 0 Å². The van der Waals surface area contributed by atoms with Crippen LogP contribution in [0.15, 0.2) is 18.2 Å². The zero-order valence-corrected chi connectivity index (χ0v) is 20.0. The van der Waals surface area contributed by atoms with Crippen molar-refractivity contribution in [3.05, 3.63) is 46.7 Å². The Hall–Kier alpha value is -2.46. The molecule has 1 aromatic carbocycles. The third-order valence-corrected chi connectivity index (χ3v) is 7.09. The third-order valence-electron chi connectivity index (χ3n) is 5.86. The van der Waals surface area contributed by atoms with Crippen LogP contribution in [-0.4, -0.2) is 65.1 Å². The fourth-order valence-electron chi connectivity index (χ4n) is 4.25. The van der Waals surface area contributed by atoms with E-state index in [1.54, 1.807) is 16.6 Å². The molecule has 33 heavy (non-hydrogen) atoms. The molecule has 0 bridgehead atoms. The third kappa shape index (κ3) is 4.63. The van der Waals surface area contributed by atoms with E-state index in [1.165, 1.54) is 28.8 Å². The lowest BCUT2D eigenvalue weighted by Crippen LogP contribution is -2.48. The molecular formula is C23H28F2N4O3S. The van der Waals surface area contributed by atoms with E-state index in [0.717, 1.165) is 6.07 Å². The van der Waals surface area contributed by atoms with Crippen molar-refractivity contribution in [1.82, 2.24) is 14.7 Å². The molecule has 2 amide bonds. The lowest BCUT2D eigenvalue weighted by molar-refractivity contribution is -0.134. The average molecular weight is 479 g/mol. The van der Waals surface area contributed by atoms with Gasteiger partial charge in [0.25, 0.3) is 0 Å². The van der Waals surface area contributed by atoms with Gasteiger partial charge in [-0.25, -0.2) is 8.78 Å². The van der Waals surface area contributed by atoms with Crippen molar-refractivity contribution in [3.63, 3.8) is 0 Å². The molecule has 178 valence electrons. The number of aryl methyl sites for hydroxylation is 1. The number of hydrogen-bond donors (Lipinski definition) is 0. The number of morpholine rings is 1. The first-order valence-corrected chi connectivity index (χ1v) is 11.9. The molecule has 0 saturated carbocycles. The van der Waals surface area contributed by atoms with Crippen LogP contribution in [-0.2, 0) is 26.8 Å². The van der Waals surface area contributed by atoms with Crippen molar-refractivity contribution < 1.29 is 23.1 Å². The van der Waals surface area contributed by atoms with Gasteiger partial charge in [-0.3, -0.25) is 19.2 Å². The number of amides is 2. The Morgan fingerprint density at radius 3 is 2.58 bits per heavy atom. The minimum atomic E-state index is -0.674. The van der Waals surface area contributed by atoms with Gasteiger partial charge < -0.3 is 9.64 Å². The minimum Gasteiger partial charge on any atom is -0.378 e. The van der Waals surface area contributed by atoms with Gasteiger partial charge in [0.15, 0.2) is 0 Å². The SMILES string of the molecule is Cn1nc(C(C)(C)C)c2c1N(CC(=O)N1CCOCC1)C(=O)CSC2c1ccc(F)cc1F. The summed E-state index contributed by atoms with van der Waals surface area (Å²) in [5.74, 6) is -1.23. The van der Waals surface area contributed by atoms with Gasteiger partial charge in [-0.2, -0.15) is 5.10 Å². The molecule has 4 rings (SSSR count). The molecule has 3 heterocycles. The number of fused-ring (bicyclic) bond motifs is 1. The van der Waals surface area contributed by atoms with Crippen LogP contribution in [0.25, 0.3) is 0 Å². The molecule has 2 aliphatic heterocycles. The van der Waals surface area contributed by atoms with E-state index in [0.29, 0.717) is 43.4 Å². The van der Waals surface area contributed by atoms with Crippen LogP contribution < -0.4 is 4.90 Å². The number of carbonyl (C=O) groups excluding carboxylic acids is 2. The molecule has 0 radical (unpaired) electrons. The van der Waals surface area contributed by atoms with E-state index in [1.807, 2.05) is 20.8 Å².